The summed E-state index contributed by atoms with van der Waals surface area (Å²) in [6.07, 6.45) is 0.899. The monoisotopic (exact) mass is 523 g/mol. The van der Waals surface area contributed by atoms with Crippen LogP contribution in [0.15, 0.2) is 41.3 Å². The van der Waals surface area contributed by atoms with Crippen molar-refractivity contribution in [3.05, 3.63) is 47.0 Å². The molecule has 34 heavy (non-hydrogen) atoms. The van der Waals surface area contributed by atoms with Crippen LogP contribution >= 0.6 is 22.9 Å². The van der Waals surface area contributed by atoms with Crippen LogP contribution in [0, 0.1) is 0 Å². The van der Waals surface area contributed by atoms with E-state index in [2.05, 4.69) is 4.90 Å². The maximum absolute atomic E-state index is 13.4. The van der Waals surface area contributed by atoms with Crippen LogP contribution in [-0.2, 0) is 21.1 Å². The molecule has 1 heterocycles. The summed E-state index contributed by atoms with van der Waals surface area (Å²) in [5, 5.41) is 0.612. The number of aromatic nitrogens is 1. The van der Waals surface area contributed by atoms with E-state index in [-0.39, 0.29) is 17.2 Å². The van der Waals surface area contributed by atoms with Crippen molar-refractivity contribution in [2.45, 2.75) is 36.8 Å². The predicted octanol–water partition coefficient (Wildman–Crippen LogP) is 4.67. The molecule has 0 bridgehead atoms. The lowest BCUT2D eigenvalue weighted by atomic mass is 10.1. The first-order valence-corrected chi connectivity index (χ1v) is 13.7. The Labute approximate surface area is 210 Å². The van der Waals surface area contributed by atoms with E-state index in [1.165, 1.54) is 11.3 Å². The third kappa shape index (κ3) is 5.89. The first kappa shape index (κ1) is 26.4. The Balaban J connectivity index is 1.89. The van der Waals surface area contributed by atoms with Crippen molar-refractivity contribution in [3.8, 4) is 5.75 Å². The summed E-state index contributed by atoms with van der Waals surface area (Å²) >= 11 is 7.75. The number of sulfone groups is 1. The summed E-state index contributed by atoms with van der Waals surface area (Å²) in [6.45, 7) is 4.62. The Kier molecular flexibility index (Phi) is 8.57. The minimum Gasteiger partial charge on any atom is -0.494 e. The van der Waals surface area contributed by atoms with Gasteiger partial charge in [0.25, 0.3) is 0 Å². The number of halogens is 1. The molecule has 3 rings (SSSR count). The zero-order valence-corrected chi connectivity index (χ0v) is 22.4. The van der Waals surface area contributed by atoms with Gasteiger partial charge >= 0.3 is 0 Å². The summed E-state index contributed by atoms with van der Waals surface area (Å²) in [4.78, 5) is 22.1. The van der Waals surface area contributed by atoms with Crippen LogP contribution in [0.1, 0.15) is 25.8 Å². The van der Waals surface area contributed by atoms with Crippen LogP contribution in [0.4, 0.5) is 5.13 Å². The van der Waals surface area contributed by atoms with Gasteiger partial charge in [-0.1, -0.05) is 35.1 Å². The van der Waals surface area contributed by atoms with E-state index in [9.17, 15) is 13.2 Å². The Morgan fingerprint density at radius 1 is 1.12 bits per heavy atom. The van der Waals surface area contributed by atoms with Gasteiger partial charge in [0.1, 0.15) is 11.3 Å². The number of amides is 1. The number of nitrogens with zero attached hydrogens (tertiary/aromatic N) is 3. The second-order valence-corrected chi connectivity index (χ2v) is 12.4. The van der Waals surface area contributed by atoms with Crippen LogP contribution in [0.2, 0.25) is 5.02 Å². The normalized spacial score (nSPS) is 12.0. The maximum Gasteiger partial charge on any atom is 0.233 e. The van der Waals surface area contributed by atoms with Crippen molar-refractivity contribution in [3.63, 3.8) is 0 Å². The van der Waals surface area contributed by atoms with Crippen molar-refractivity contribution in [2.24, 2.45) is 0 Å². The lowest BCUT2D eigenvalue weighted by molar-refractivity contribution is -0.118. The molecule has 0 aliphatic rings. The molecule has 0 atom stereocenters. The molecule has 0 saturated carbocycles. The van der Waals surface area contributed by atoms with E-state index in [0.717, 1.165) is 23.2 Å². The van der Waals surface area contributed by atoms with Crippen LogP contribution < -0.4 is 9.64 Å². The molecule has 0 unspecified atom stereocenters. The van der Waals surface area contributed by atoms with Crippen LogP contribution in [0.25, 0.3) is 10.2 Å². The summed E-state index contributed by atoms with van der Waals surface area (Å²) in [7, 11) is 2.19. The highest BCUT2D eigenvalue weighted by molar-refractivity contribution is 7.92. The van der Waals surface area contributed by atoms with Crippen molar-refractivity contribution >= 4 is 54.0 Å². The van der Waals surface area contributed by atoms with Gasteiger partial charge < -0.3 is 9.64 Å². The first-order chi connectivity index (χ1) is 16.0. The van der Waals surface area contributed by atoms with Crippen molar-refractivity contribution < 1.29 is 17.9 Å². The van der Waals surface area contributed by atoms with Crippen molar-refractivity contribution in [2.75, 3.05) is 39.2 Å². The molecule has 0 radical (unpaired) electrons. The number of carbonyl (C=O) groups excluding carboxylic acids is 1. The van der Waals surface area contributed by atoms with E-state index in [0.29, 0.717) is 28.0 Å². The molecule has 0 saturated heterocycles. The largest absolute Gasteiger partial charge is 0.494 e. The molecular weight excluding hydrogens is 494 g/mol. The molecule has 7 nitrogen and oxygen atoms in total. The zero-order valence-electron chi connectivity index (χ0n) is 20.0. The molecule has 1 amide bonds. The van der Waals surface area contributed by atoms with Gasteiger partial charge in [0.05, 0.1) is 33.4 Å². The van der Waals surface area contributed by atoms with Crippen LogP contribution in [0.3, 0.4) is 0 Å². The second-order valence-electron chi connectivity index (χ2n) is 8.54. The van der Waals surface area contributed by atoms with E-state index >= 15 is 0 Å². The number of methoxy groups -OCH3 is 1. The fraction of sp³-hybridized carbons (Fsp3) is 0.417. The number of carbonyl (C=O) groups is 1. The molecule has 184 valence electrons. The maximum atomic E-state index is 13.4. The van der Waals surface area contributed by atoms with Gasteiger partial charge in [-0.25, -0.2) is 13.4 Å². The van der Waals surface area contributed by atoms with Gasteiger partial charge in [-0.15, -0.1) is 0 Å². The van der Waals surface area contributed by atoms with E-state index < -0.39 is 15.1 Å². The highest BCUT2D eigenvalue weighted by atomic mass is 35.5. The lowest BCUT2D eigenvalue weighted by Gasteiger charge is -2.21. The van der Waals surface area contributed by atoms with Crippen molar-refractivity contribution in [1.82, 2.24) is 9.88 Å². The molecule has 2 aromatic carbocycles. The predicted molar refractivity (Wildman–Crippen MR) is 139 cm³/mol. The molecule has 0 aliphatic carbocycles. The van der Waals surface area contributed by atoms with Gasteiger partial charge in [0, 0.05) is 6.54 Å². The van der Waals surface area contributed by atoms with Gasteiger partial charge in [0.2, 0.25) is 5.91 Å². The number of thiazole rings is 1. The topological polar surface area (TPSA) is 79.8 Å². The van der Waals surface area contributed by atoms with Crippen molar-refractivity contribution in [1.29, 1.82) is 0 Å². The number of benzene rings is 2. The number of hydrogen-bond donors (Lipinski definition) is 0. The Morgan fingerprint density at radius 3 is 2.38 bits per heavy atom. The lowest BCUT2D eigenvalue weighted by Crippen LogP contribution is -2.34. The Morgan fingerprint density at radius 2 is 1.79 bits per heavy atom. The highest BCUT2D eigenvalue weighted by Gasteiger charge is 2.23. The zero-order chi connectivity index (χ0) is 25.0. The van der Waals surface area contributed by atoms with Gasteiger partial charge in [-0.05, 0) is 70.7 Å². The number of rotatable bonds is 10. The first-order valence-electron chi connectivity index (χ1n) is 11.0. The Hall–Kier alpha value is -2.20. The fourth-order valence-electron chi connectivity index (χ4n) is 3.43. The van der Waals surface area contributed by atoms with Gasteiger partial charge in [-0.2, -0.15) is 0 Å². The smallest absolute Gasteiger partial charge is 0.233 e. The van der Waals surface area contributed by atoms with Crippen LogP contribution in [-0.4, -0.2) is 63.8 Å². The standard InChI is InChI=1S/C24H30ClN3O4S2/c1-16(2)34(30,31)18-9-7-17(8-10-18)15-21(29)28(14-6-13-27(3)4)24-26-22-20(32-5)12-11-19(25)23(22)33-24/h7-12,16H,6,13-15H2,1-5H3. The molecular formula is C24H30ClN3O4S2. The number of anilines is 1. The third-order valence-corrected chi connectivity index (χ3v) is 9.12. The summed E-state index contributed by atoms with van der Waals surface area (Å²) in [5.41, 5.74) is 1.37. The Bertz CT molecular complexity index is 1260. The SMILES string of the molecule is COc1ccc(Cl)c2sc(N(CCCN(C)C)C(=O)Cc3ccc(S(=O)(=O)C(C)C)cc3)nc12. The molecule has 3 aromatic rings. The van der Waals surface area contributed by atoms with E-state index in [4.69, 9.17) is 21.3 Å². The molecule has 0 aliphatic heterocycles. The van der Waals surface area contributed by atoms with Crippen LogP contribution in [0.5, 0.6) is 5.75 Å². The minimum absolute atomic E-state index is 0.118. The summed E-state index contributed by atoms with van der Waals surface area (Å²) < 4.78 is 31.0. The molecule has 0 fully saturated rings. The molecule has 10 heteroatoms. The summed E-state index contributed by atoms with van der Waals surface area (Å²) in [6, 6.07) is 10.1. The van der Waals surface area contributed by atoms with Gasteiger partial charge in [-0.3, -0.25) is 9.69 Å². The molecule has 0 N–H and O–H groups in total. The van der Waals surface area contributed by atoms with E-state index in [1.54, 1.807) is 62.3 Å². The third-order valence-electron chi connectivity index (χ3n) is 5.41. The number of ether oxygens (including phenoxy) is 1. The molecule has 1 aromatic heterocycles. The quantitative estimate of drug-likeness (QED) is 0.384. The second kappa shape index (κ2) is 11.0. The number of hydrogen-bond acceptors (Lipinski definition) is 7. The highest BCUT2D eigenvalue weighted by Crippen LogP contribution is 2.39. The number of fused-ring (bicyclic) bond motifs is 1. The average Bonchev–Trinajstić information content (AvgIpc) is 3.23. The summed E-state index contributed by atoms with van der Waals surface area (Å²) in [5.74, 6) is 0.483. The van der Waals surface area contributed by atoms with Gasteiger partial charge in [0.15, 0.2) is 15.0 Å². The molecule has 0 spiro atoms. The minimum atomic E-state index is -3.36. The fourth-order valence-corrected chi connectivity index (χ4v) is 5.79. The average molecular weight is 524 g/mol. The van der Waals surface area contributed by atoms with E-state index in [1.807, 2.05) is 14.1 Å².